The highest BCUT2D eigenvalue weighted by molar-refractivity contribution is 4.93. The maximum atomic E-state index is 9.73. The van der Waals surface area contributed by atoms with E-state index in [1.54, 1.807) is 0 Å². The molecule has 0 bridgehead atoms. The molecule has 2 aliphatic rings. The Morgan fingerprint density at radius 1 is 1.31 bits per heavy atom. The molecule has 3 atom stereocenters. The third-order valence-electron chi connectivity index (χ3n) is 3.70. The van der Waals surface area contributed by atoms with Crippen LogP contribution < -0.4 is 0 Å². The van der Waals surface area contributed by atoms with E-state index in [4.69, 9.17) is 0 Å². The summed E-state index contributed by atoms with van der Waals surface area (Å²) in [5.74, 6) is 0.783. The molecule has 1 aliphatic carbocycles. The van der Waals surface area contributed by atoms with E-state index in [2.05, 4.69) is 18.7 Å². The Morgan fingerprint density at radius 2 is 2.08 bits per heavy atom. The lowest BCUT2D eigenvalue weighted by atomic mass is 9.89. The summed E-state index contributed by atoms with van der Waals surface area (Å²) in [5.41, 5.74) is 0. The largest absolute Gasteiger partial charge is 0.392 e. The molecule has 1 saturated carbocycles. The highest BCUT2D eigenvalue weighted by Gasteiger charge is 2.39. The normalized spacial score (nSPS) is 41.1. The second kappa shape index (κ2) is 3.58. The second-order valence-electron chi connectivity index (χ2n) is 4.94. The fourth-order valence-electron chi connectivity index (χ4n) is 3.13. The van der Waals surface area contributed by atoms with Gasteiger partial charge in [-0.2, -0.15) is 0 Å². The van der Waals surface area contributed by atoms with Crippen molar-refractivity contribution in [3.05, 3.63) is 0 Å². The zero-order valence-electron chi connectivity index (χ0n) is 8.74. The number of piperidine rings is 1. The predicted octanol–water partition coefficient (Wildman–Crippen LogP) is 1.63. The van der Waals surface area contributed by atoms with E-state index in [9.17, 15) is 5.11 Å². The summed E-state index contributed by atoms with van der Waals surface area (Å²) in [6.07, 6.45) is 5.04. The molecule has 0 aromatic heterocycles. The first-order valence-electron chi connectivity index (χ1n) is 5.62. The Hall–Kier alpha value is -0.0800. The Kier molecular flexibility index (Phi) is 2.61. The third kappa shape index (κ3) is 1.75. The van der Waals surface area contributed by atoms with Crippen LogP contribution in [0.15, 0.2) is 0 Å². The summed E-state index contributed by atoms with van der Waals surface area (Å²) in [4.78, 5) is 2.51. The van der Waals surface area contributed by atoms with Crippen LogP contribution in [0.3, 0.4) is 0 Å². The summed E-state index contributed by atoms with van der Waals surface area (Å²) < 4.78 is 0. The molecule has 1 heterocycles. The van der Waals surface area contributed by atoms with Gasteiger partial charge in [0, 0.05) is 18.6 Å². The van der Waals surface area contributed by atoms with E-state index in [1.165, 1.54) is 19.3 Å². The van der Waals surface area contributed by atoms with Crippen molar-refractivity contribution in [2.75, 3.05) is 6.54 Å². The highest BCUT2D eigenvalue weighted by Crippen LogP contribution is 2.37. The van der Waals surface area contributed by atoms with Crippen LogP contribution in [0.25, 0.3) is 0 Å². The van der Waals surface area contributed by atoms with Gasteiger partial charge in [0.15, 0.2) is 0 Å². The van der Waals surface area contributed by atoms with Gasteiger partial charge in [0.05, 0.1) is 6.10 Å². The Bertz CT molecular complexity index is 181. The predicted molar refractivity (Wildman–Crippen MR) is 53.6 cm³/mol. The Labute approximate surface area is 80.9 Å². The molecule has 1 aliphatic heterocycles. The van der Waals surface area contributed by atoms with Crippen LogP contribution in [0.1, 0.15) is 39.5 Å². The quantitative estimate of drug-likeness (QED) is 0.668. The number of aliphatic hydroxyl groups excluding tert-OH is 1. The molecule has 0 aromatic carbocycles. The molecule has 0 aromatic rings. The van der Waals surface area contributed by atoms with Crippen LogP contribution in [0.5, 0.6) is 0 Å². The SMILES string of the molecule is CC(C)N1C[C@@H](O)C[C@H]2CCC[C@H]21. The minimum Gasteiger partial charge on any atom is -0.392 e. The Morgan fingerprint density at radius 3 is 2.77 bits per heavy atom. The van der Waals surface area contributed by atoms with Crippen LogP contribution in [0.2, 0.25) is 0 Å². The van der Waals surface area contributed by atoms with Gasteiger partial charge < -0.3 is 5.11 Å². The highest BCUT2D eigenvalue weighted by atomic mass is 16.3. The van der Waals surface area contributed by atoms with Crippen LogP contribution in [0.4, 0.5) is 0 Å². The average molecular weight is 183 g/mol. The molecule has 1 N–H and O–H groups in total. The smallest absolute Gasteiger partial charge is 0.0670 e. The van der Waals surface area contributed by atoms with Gasteiger partial charge in [-0.05, 0) is 39.0 Å². The number of hydrogen-bond donors (Lipinski definition) is 1. The molecule has 0 spiro atoms. The summed E-state index contributed by atoms with van der Waals surface area (Å²) in [6.45, 7) is 5.39. The van der Waals surface area contributed by atoms with Gasteiger partial charge >= 0.3 is 0 Å². The number of rotatable bonds is 1. The standard InChI is InChI=1S/C11H21NO/c1-8(2)12-7-10(13)6-9-4-3-5-11(9)12/h8-11,13H,3-7H2,1-2H3/t9-,10+,11-/m1/s1. The molecule has 76 valence electrons. The molecule has 0 unspecified atom stereocenters. The maximum absolute atomic E-state index is 9.73. The number of β-amino-alcohol motifs (C(OH)–C–C–N with tert-alkyl or cyclic N) is 1. The summed E-state index contributed by atoms with van der Waals surface area (Å²) in [6, 6.07) is 1.38. The van der Waals surface area contributed by atoms with Crippen molar-refractivity contribution in [1.82, 2.24) is 4.90 Å². The first kappa shape index (κ1) is 9.47. The Balaban J connectivity index is 2.07. The molecule has 2 rings (SSSR count). The van der Waals surface area contributed by atoms with E-state index < -0.39 is 0 Å². The average Bonchev–Trinajstić information content (AvgIpc) is 2.49. The van der Waals surface area contributed by atoms with Crippen molar-refractivity contribution in [2.45, 2.75) is 57.7 Å². The monoisotopic (exact) mass is 183 g/mol. The minimum absolute atomic E-state index is 0.0678. The molecular weight excluding hydrogens is 162 g/mol. The van der Waals surface area contributed by atoms with Crippen molar-refractivity contribution in [3.63, 3.8) is 0 Å². The molecule has 2 nitrogen and oxygen atoms in total. The van der Waals surface area contributed by atoms with Gasteiger partial charge in [-0.15, -0.1) is 0 Å². The number of aliphatic hydroxyl groups is 1. The van der Waals surface area contributed by atoms with Gasteiger partial charge in [-0.1, -0.05) is 6.42 Å². The van der Waals surface area contributed by atoms with Gasteiger partial charge in [0.1, 0.15) is 0 Å². The summed E-state index contributed by atoms with van der Waals surface area (Å²) in [7, 11) is 0. The van der Waals surface area contributed by atoms with Crippen LogP contribution in [-0.4, -0.2) is 34.7 Å². The van der Waals surface area contributed by atoms with Crippen molar-refractivity contribution in [3.8, 4) is 0 Å². The topological polar surface area (TPSA) is 23.5 Å². The molecule has 1 saturated heterocycles. The van der Waals surface area contributed by atoms with Crippen LogP contribution in [0, 0.1) is 5.92 Å². The fraction of sp³-hybridized carbons (Fsp3) is 1.00. The maximum Gasteiger partial charge on any atom is 0.0670 e. The molecule has 13 heavy (non-hydrogen) atoms. The number of hydrogen-bond acceptors (Lipinski definition) is 2. The van der Waals surface area contributed by atoms with Crippen LogP contribution >= 0.6 is 0 Å². The number of nitrogens with zero attached hydrogens (tertiary/aromatic N) is 1. The lowest BCUT2D eigenvalue weighted by Crippen LogP contribution is -2.51. The summed E-state index contributed by atoms with van der Waals surface area (Å²) >= 11 is 0. The second-order valence-corrected chi connectivity index (χ2v) is 4.94. The number of fused-ring (bicyclic) bond motifs is 1. The first-order valence-corrected chi connectivity index (χ1v) is 5.62. The van der Waals surface area contributed by atoms with E-state index in [0.29, 0.717) is 6.04 Å². The van der Waals surface area contributed by atoms with Crippen molar-refractivity contribution >= 4 is 0 Å². The van der Waals surface area contributed by atoms with E-state index >= 15 is 0 Å². The van der Waals surface area contributed by atoms with Crippen molar-refractivity contribution in [1.29, 1.82) is 0 Å². The van der Waals surface area contributed by atoms with Crippen LogP contribution in [-0.2, 0) is 0 Å². The fourth-order valence-corrected chi connectivity index (χ4v) is 3.13. The van der Waals surface area contributed by atoms with E-state index in [0.717, 1.165) is 24.9 Å². The summed E-state index contributed by atoms with van der Waals surface area (Å²) in [5, 5.41) is 9.73. The minimum atomic E-state index is -0.0678. The third-order valence-corrected chi connectivity index (χ3v) is 3.70. The van der Waals surface area contributed by atoms with Crippen molar-refractivity contribution < 1.29 is 5.11 Å². The zero-order chi connectivity index (χ0) is 9.42. The van der Waals surface area contributed by atoms with Gasteiger partial charge in [0.25, 0.3) is 0 Å². The van der Waals surface area contributed by atoms with Crippen molar-refractivity contribution in [2.24, 2.45) is 5.92 Å². The number of likely N-dealkylation sites (tertiary alicyclic amines) is 1. The van der Waals surface area contributed by atoms with E-state index in [1.807, 2.05) is 0 Å². The van der Waals surface area contributed by atoms with Gasteiger partial charge in [-0.25, -0.2) is 0 Å². The molecule has 2 fully saturated rings. The lowest BCUT2D eigenvalue weighted by Gasteiger charge is -2.42. The molecule has 2 heteroatoms. The van der Waals surface area contributed by atoms with Gasteiger partial charge in [-0.3, -0.25) is 4.90 Å². The lowest BCUT2D eigenvalue weighted by molar-refractivity contribution is -0.00632. The van der Waals surface area contributed by atoms with E-state index in [-0.39, 0.29) is 6.10 Å². The molecular formula is C11H21NO. The molecule has 0 radical (unpaired) electrons. The molecule has 0 amide bonds. The first-order chi connectivity index (χ1) is 6.18. The van der Waals surface area contributed by atoms with Gasteiger partial charge in [0.2, 0.25) is 0 Å². The zero-order valence-corrected chi connectivity index (χ0v) is 8.74.